The highest BCUT2D eigenvalue weighted by atomic mass is 32.2. The van der Waals surface area contributed by atoms with Crippen molar-refractivity contribution in [1.29, 1.82) is 0 Å². The van der Waals surface area contributed by atoms with Gasteiger partial charge in [-0.15, -0.1) is 0 Å². The molecule has 1 N–H and O–H groups in total. The number of hydrogen-bond donors (Lipinski definition) is 1. The number of thioether (sulfide) groups is 1. The lowest BCUT2D eigenvalue weighted by Crippen LogP contribution is -2.40. The van der Waals surface area contributed by atoms with Crippen molar-refractivity contribution in [3.63, 3.8) is 0 Å². The first-order valence-corrected chi connectivity index (χ1v) is 11.4. The van der Waals surface area contributed by atoms with Crippen molar-refractivity contribution in [1.82, 2.24) is 19.6 Å². The molecule has 2 aromatic heterocycles. The molecule has 0 spiro atoms. The summed E-state index contributed by atoms with van der Waals surface area (Å²) in [6.07, 6.45) is 0. The predicted molar refractivity (Wildman–Crippen MR) is 124 cm³/mol. The van der Waals surface area contributed by atoms with Crippen molar-refractivity contribution in [2.45, 2.75) is 58.4 Å². The third kappa shape index (κ3) is 5.74. The van der Waals surface area contributed by atoms with Gasteiger partial charge in [0.1, 0.15) is 0 Å². The molecule has 0 unspecified atom stereocenters. The number of nitrogens with one attached hydrogen (secondary N) is 1. The minimum Gasteiger partial charge on any atom is -0.338 e. The summed E-state index contributed by atoms with van der Waals surface area (Å²) in [7, 11) is 0. The zero-order valence-corrected chi connectivity index (χ0v) is 19.4. The van der Waals surface area contributed by atoms with Crippen LogP contribution in [0.3, 0.4) is 0 Å². The number of carbonyl (C=O) groups excluding carboxylic acids is 1. The van der Waals surface area contributed by atoms with Crippen LogP contribution in [-0.2, 0) is 11.3 Å². The Morgan fingerprint density at radius 2 is 1.94 bits per heavy atom. The molecule has 0 atom stereocenters. The van der Waals surface area contributed by atoms with Crippen molar-refractivity contribution < 1.29 is 9.32 Å². The molecule has 1 aromatic carbocycles. The largest absolute Gasteiger partial charge is 0.338 e. The van der Waals surface area contributed by atoms with Gasteiger partial charge in [0.25, 0.3) is 5.56 Å². The zero-order valence-electron chi connectivity index (χ0n) is 18.6. The van der Waals surface area contributed by atoms with Crippen LogP contribution in [0.2, 0.25) is 0 Å². The summed E-state index contributed by atoms with van der Waals surface area (Å²) in [5.74, 6) is 0.153. The Morgan fingerprint density at radius 3 is 2.58 bits per heavy atom. The Balaban J connectivity index is 1.83. The number of rotatable bonds is 9. The number of hydrogen-bond acceptors (Lipinski definition) is 7. The molecule has 0 aliphatic heterocycles. The van der Waals surface area contributed by atoms with Crippen LogP contribution in [0.25, 0.3) is 10.9 Å². The maximum atomic E-state index is 13.2. The van der Waals surface area contributed by atoms with Gasteiger partial charge in [-0.1, -0.05) is 29.1 Å². The Kier molecular flexibility index (Phi) is 7.50. The summed E-state index contributed by atoms with van der Waals surface area (Å²) in [6.45, 7) is 11.6. The quantitative estimate of drug-likeness (QED) is 0.399. The average molecular weight is 444 g/mol. The SMILES string of the molecule is Cc1cc(NC(=O)CSc2nc3ccccc3c(=O)n2CCN(C(C)C)C(C)C)on1. The fraction of sp³-hybridized carbons (Fsp3) is 0.455. The number of aryl methyl sites for hydroxylation is 1. The molecule has 0 radical (unpaired) electrons. The van der Waals surface area contributed by atoms with E-state index in [4.69, 9.17) is 4.52 Å². The van der Waals surface area contributed by atoms with E-state index in [9.17, 15) is 9.59 Å². The van der Waals surface area contributed by atoms with E-state index in [0.29, 0.717) is 52.8 Å². The summed E-state index contributed by atoms with van der Waals surface area (Å²) in [5.41, 5.74) is 1.22. The lowest BCUT2D eigenvalue weighted by atomic mass is 10.2. The first-order chi connectivity index (χ1) is 14.8. The lowest BCUT2D eigenvalue weighted by Gasteiger charge is -2.30. The molecule has 3 rings (SSSR count). The van der Waals surface area contributed by atoms with Crippen LogP contribution in [0.1, 0.15) is 33.4 Å². The molecule has 166 valence electrons. The van der Waals surface area contributed by atoms with Gasteiger partial charge >= 0.3 is 0 Å². The number of aromatic nitrogens is 3. The van der Waals surface area contributed by atoms with Crippen LogP contribution in [0.4, 0.5) is 5.88 Å². The van der Waals surface area contributed by atoms with Crippen molar-refractivity contribution in [3.8, 4) is 0 Å². The van der Waals surface area contributed by atoms with E-state index in [1.165, 1.54) is 11.8 Å². The van der Waals surface area contributed by atoms with Gasteiger partial charge in [-0.3, -0.25) is 24.4 Å². The highest BCUT2D eigenvalue weighted by Crippen LogP contribution is 2.19. The van der Waals surface area contributed by atoms with Crippen LogP contribution >= 0.6 is 11.8 Å². The molecular formula is C22H29N5O3S. The normalized spacial score (nSPS) is 11.7. The number of amides is 1. The van der Waals surface area contributed by atoms with E-state index >= 15 is 0 Å². The summed E-state index contributed by atoms with van der Waals surface area (Å²) < 4.78 is 6.71. The molecule has 0 saturated heterocycles. The molecule has 0 fully saturated rings. The number of para-hydroxylation sites is 1. The molecular weight excluding hydrogens is 414 g/mol. The number of nitrogens with zero attached hydrogens (tertiary/aromatic N) is 4. The summed E-state index contributed by atoms with van der Waals surface area (Å²) >= 11 is 1.24. The molecule has 0 aliphatic carbocycles. The fourth-order valence-electron chi connectivity index (χ4n) is 3.51. The van der Waals surface area contributed by atoms with Crippen molar-refractivity contribution in [2.75, 3.05) is 17.6 Å². The Hall–Kier alpha value is -2.65. The Bertz CT molecular complexity index is 1100. The molecule has 3 aromatic rings. The Morgan fingerprint density at radius 1 is 1.23 bits per heavy atom. The van der Waals surface area contributed by atoms with E-state index in [-0.39, 0.29) is 17.2 Å². The van der Waals surface area contributed by atoms with Gasteiger partial charge in [0, 0.05) is 31.2 Å². The van der Waals surface area contributed by atoms with E-state index in [0.717, 1.165) is 0 Å². The van der Waals surface area contributed by atoms with E-state index < -0.39 is 0 Å². The molecule has 0 aliphatic rings. The van der Waals surface area contributed by atoms with Gasteiger partial charge in [0.2, 0.25) is 11.8 Å². The second-order valence-corrected chi connectivity index (χ2v) is 8.91. The third-order valence-electron chi connectivity index (χ3n) is 4.96. The highest BCUT2D eigenvalue weighted by Gasteiger charge is 2.17. The predicted octanol–water partition coefficient (Wildman–Crippen LogP) is 3.54. The maximum absolute atomic E-state index is 13.2. The standard InChI is InChI=1S/C22H29N5O3S/c1-14(2)26(15(3)4)10-11-27-21(29)17-8-6-7-9-18(17)23-22(27)31-13-19(28)24-20-12-16(5)25-30-20/h6-9,12,14-15H,10-11,13H2,1-5H3,(H,24,28). The minimum atomic E-state index is -0.249. The average Bonchev–Trinajstić information content (AvgIpc) is 3.12. The van der Waals surface area contributed by atoms with E-state index in [1.807, 2.05) is 18.2 Å². The number of carbonyl (C=O) groups is 1. The monoisotopic (exact) mass is 443 g/mol. The third-order valence-corrected chi connectivity index (χ3v) is 5.93. The molecule has 0 saturated carbocycles. The van der Waals surface area contributed by atoms with Gasteiger partial charge in [-0.25, -0.2) is 4.98 Å². The number of anilines is 1. The smallest absolute Gasteiger partial charge is 0.262 e. The van der Waals surface area contributed by atoms with Crippen LogP contribution < -0.4 is 10.9 Å². The topological polar surface area (TPSA) is 93.3 Å². The minimum absolute atomic E-state index is 0.0909. The first-order valence-electron chi connectivity index (χ1n) is 10.4. The number of fused-ring (bicyclic) bond motifs is 1. The van der Waals surface area contributed by atoms with Crippen molar-refractivity contribution >= 4 is 34.5 Å². The van der Waals surface area contributed by atoms with E-state index in [1.54, 1.807) is 23.6 Å². The van der Waals surface area contributed by atoms with Crippen molar-refractivity contribution in [2.24, 2.45) is 0 Å². The fourth-order valence-corrected chi connectivity index (χ4v) is 4.33. The maximum Gasteiger partial charge on any atom is 0.262 e. The lowest BCUT2D eigenvalue weighted by molar-refractivity contribution is -0.113. The summed E-state index contributed by atoms with van der Waals surface area (Å²) in [6, 6.07) is 9.66. The Labute approximate surface area is 186 Å². The highest BCUT2D eigenvalue weighted by molar-refractivity contribution is 7.99. The molecule has 31 heavy (non-hydrogen) atoms. The van der Waals surface area contributed by atoms with Gasteiger partial charge in [-0.05, 0) is 46.8 Å². The summed E-state index contributed by atoms with van der Waals surface area (Å²) in [5, 5.41) is 7.54. The molecule has 9 heteroatoms. The molecule has 0 bridgehead atoms. The van der Waals surface area contributed by atoms with Gasteiger partial charge in [-0.2, -0.15) is 0 Å². The van der Waals surface area contributed by atoms with Gasteiger partial charge in [0.15, 0.2) is 5.16 Å². The zero-order chi connectivity index (χ0) is 22.5. The molecule has 1 amide bonds. The second kappa shape index (κ2) is 10.1. The first kappa shape index (κ1) is 23.0. The number of benzene rings is 1. The van der Waals surface area contributed by atoms with Crippen LogP contribution in [0.5, 0.6) is 0 Å². The van der Waals surface area contributed by atoms with Crippen LogP contribution in [-0.4, -0.2) is 49.9 Å². The van der Waals surface area contributed by atoms with Crippen LogP contribution in [0, 0.1) is 6.92 Å². The van der Waals surface area contributed by atoms with Gasteiger partial charge in [0.05, 0.1) is 22.3 Å². The summed E-state index contributed by atoms with van der Waals surface area (Å²) in [4.78, 5) is 32.6. The van der Waals surface area contributed by atoms with Gasteiger partial charge < -0.3 is 4.52 Å². The second-order valence-electron chi connectivity index (χ2n) is 7.96. The molecule has 2 heterocycles. The molecule has 8 nitrogen and oxygen atoms in total. The van der Waals surface area contributed by atoms with Crippen LogP contribution in [0.15, 0.2) is 44.8 Å². The van der Waals surface area contributed by atoms with Crippen molar-refractivity contribution in [3.05, 3.63) is 46.4 Å². The van der Waals surface area contributed by atoms with E-state index in [2.05, 4.69) is 48.1 Å².